The summed E-state index contributed by atoms with van der Waals surface area (Å²) in [6.07, 6.45) is 3.47. The summed E-state index contributed by atoms with van der Waals surface area (Å²) in [6, 6.07) is 8.81. The van der Waals surface area contributed by atoms with Gasteiger partial charge in [0.2, 0.25) is 0 Å². The fraction of sp³-hybridized carbons (Fsp3) is 0.529. The minimum absolute atomic E-state index is 0.269. The van der Waals surface area contributed by atoms with Gasteiger partial charge in [-0.2, -0.15) is 0 Å². The molecule has 0 bridgehead atoms. The molecule has 0 aromatic heterocycles. The molecular weight excluding hydrogens is 234 g/mol. The van der Waals surface area contributed by atoms with Crippen LogP contribution < -0.4 is 0 Å². The van der Waals surface area contributed by atoms with Crippen molar-refractivity contribution in [2.24, 2.45) is 5.41 Å². The van der Waals surface area contributed by atoms with Gasteiger partial charge in [0.15, 0.2) is 0 Å². The standard InChI is InChI=1S/C17H23NO/c1-17(2,16-7-10-19-13-16)8-9-18-11-14-5-3-4-6-15(14)12-18/h3-7H,8-13H2,1-2H3. The molecule has 0 aliphatic carbocycles. The number of rotatable bonds is 4. The lowest BCUT2D eigenvalue weighted by Crippen LogP contribution is -2.25. The molecule has 1 aromatic carbocycles. The Bertz CT molecular complexity index is 465. The molecule has 2 aliphatic rings. The Morgan fingerprint density at radius 3 is 2.42 bits per heavy atom. The van der Waals surface area contributed by atoms with E-state index in [2.05, 4.69) is 49.1 Å². The van der Waals surface area contributed by atoms with Gasteiger partial charge in [-0.25, -0.2) is 0 Å². The van der Waals surface area contributed by atoms with Gasteiger partial charge in [0.1, 0.15) is 0 Å². The van der Waals surface area contributed by atoms with Crippen LogP contribution in [0.3, 0.4) is 0 Å². The number of ether oxygens (including phenoxy) is 1. The Morgan fingerprint density at radius 2 is 1.84 bits per heavy atom. The quantitative estimate of drug-likeness (QED) is 0.767. The molecule has 2 aliphatic heterocycles. The van der Waals surface area contributed by atoms with E-state index in [1.807, 2.05) is 0 Å². The van der Waals surface area contributed by atoms with E-state index in [0.29, 0.717) is 0 Å². The lowest BCUT2D eigenvalue weighted by Gasteiger charge is -2.28. The molecule has 2 nitrogen and oxygen atoms in total. The van der Waals surface area contributed by atoms with Gasteiger partial charge in [-0.1, -0.05) is 44.2 Å². The summed E-state index contributed by atoms with van der Waals surface area (Å²) in [6.45, 7) is 9.71. The Morgan fingerprint density at radius 1 is 1.16 bits per heavy atom. The van der Waals surface area contributed by atoms with Crippen molar-refractivity contribution in [2.75, 3.05) is 19.8 Å². The molecular formula is C17H23NO. The monoisotopic (exact) mass is 257 g/mol. The summed E-state index contributed by atoms with van der Waals surface area (Å²) in [5.74, 6) is 0. The summed E-state index contributed by atoms with van der Waals surface area (Å²) in [5.41, 5.74) is 4.75. The molecule has 2 heterocycles. The van der Waals surface area contributed by atoms with E-state index >= 15 is 0 Å². The smallest absolute Gasteiger partial charge is 0.0687 e. The molecule has 102 valence electrons. The third-order valence-electron chi connectivity index (χ3n) is 4.53. The third kappa shape index (κ3) is 2.75. The largest absolute Gasteiger partial charge is 0.373 e. The van der Waals surface area contributed by atoms with Gasteiger partial charge in [-0.3, -0.25) is 4.90 Å². The molecule has 2 heteroatoms. The average Bonchev–Trinajstić information content (AvgIpc) is 3.05. The Hall–Kier alpha value is -1.12. The lowest BCUT2D eigenvalue weighted by molar-refractivity contribution is 0.186. The summed E-state index contributed by atoms with van der Waals surface area (Å²) < 4.78 is 5.46. The van der Waals surface area contributed by atoms with E-state index < -0.39 is 0 Å². The van der Waals surface area contributed by atoms with Crippen LogP contribution in [0.25, 0.3) is 0 Å². The lowest BCUT2D eigenvalue weighted by atomic mass is 9.81. The normalized spacial score (nSPS) is 19.6. The zero-order valence-corrected chi connectivity index (χ0v) is 12.0. The van der Waals surface area contributed by atoms with E-state index in [1.165, 1.54) is 29.7 Å². The highest BCUT2D eigenvalue weighted by molar-refractivity contribution is 5.30. The van der Waals surface area contributed by atoms with Crippen molar-refractivity contribution in [3.8, 4) is 0 Å². The zero-order chi connectivity index (χ0) is 13.3. The topological polar surface area (TPSA) is 12.5 Å². The van der Waals surface area contributed by atoms with Crippen LogP contribution in [0.2, 0.25) is 0 Å². The van der Waals surface area contributed by atoms with E-state index in [4.69, 9.17) is 4.74 Å². The van der Waals surface area contributed by atoms with Crippen LogP contribution in [0, 0.1) is 5.41 Å². The van der Waals surface area contributed by atoms with Crippen molar-refractivity contribution in [2.45, 2.75) is 33.4 Å². The fourth-order valence-corrected chi connectivity index (χ4v) is 3.02. The SMILES string of the molecule is CC(C)(CCN1Cc2ccccc2C1)C1=CCOC1. The van der Waals surface area contributed by atoms with Gasteiger partial charge in [-0.15, -0.1) is 0 Å². The number of nitrogens with zero attached hydrogens (tertiary/aromatic N) is 1. The minimum Gasteiger partial charge on any atom is -0.373 e. The molecule has 0 amide bonds. The maximum absolute atomic E-state index is 5.46. The van der Waals surface area contributed by atoms with E-state index in [0.717, 1.165) is 26.3 Å². The predicted molar refractivity (Wildman–Crippen MR) is 77.9 cm³/mol. The molecule has 1 aromatic rings. The van der Waals surface area contributed by atoms with Gasteiger partial charge in [0.25, 0.3) is 0 Å². The van der Waals surface area contributed by atoms with Gasteiger partial charge < -0.3 is 4.74 Å². The van der Waals surface area contributed by atoms with E-state index in [-0.39, 0.29) is 5.41 Å². The first-order valence-corrected chi connectivity index (χ1v) is 7.21. The van der Waals surface area contributed by atoms with Crippen LogP contribution in [0.1, 0.15) is 31.4 Å². The number of fused-ring (bicyclic) bond motifs is 1. The summed E-state index contributed by atoms with van der Waals surface area (Å²) >= 11 is 0. The maximum atomic E-state index is 5.46. The van der Waals surface area contributed by atoms with E-state index in [1.54, 1.807) is 0 Å². The molecule has 3 rings (SSSR count). The van der Waals surface area contributed by atoms with Crippen molar-refractivity contribution < 1.29 is 4.74 Å². The molecule has 0 fully saturated rings. The molecule has 0 spiro atoms. The second-order valence-corrected chi connectivity index (χ2v) is 6.36. The first-order valence-electron chi connectivity index (χ1n) is 7.21. The van der Waals surface area contributed by atoms with Crippen molar-refractivity contribution in [3.05, 3.63) is 47.0 Å². The van der Waals surface area contributed by atoms with Gasteiger partial charge >= 0.3 is 0 Å². The highest BCUT2D eigenvalue weighted by Crippen LogP contribution is 2.33. The second kappa shape index (κ2) is 5.10. The predicted octanol–water partition coefficient (Wildman–Crippen LogP) is 3.38. The van der Waals surface area contributed by atoms with Gasteiger partial charge in [0.05, 0.1) is 13.2 Å². The molecule has 0 saturated carbocycles. The average molecular weight is 257 g/mol. The van der Waals surface area contributed by atoms with Gasteiger partial charge in [-0.05, 0) is 35.1 Å². The molecule has 19 heavy (non-hydrogen) atoms. The van der Waals surface area contributed by atoms with Crippen LogP contribution >= 0.6 is 0 Å². The van der Waals surface area contributed by atoms with Crippen LogP contribution in [0.5, 0.6) is 0 Å². The van der Waals surface area contributed by atoms with Crippen molar-refractivity contribution in [1.29, 1.82) is 0 Å². The van der Waals surface area contributed by atoms with Gasteiger partial charge in [0, 0.05) is 13.1 Å². The highest BCUT2D eigenvalue weighted by atomic mass is 16.5. The molecule has 0 radical (unpaired) electrons. The molecule has 0 unspecified atom stereocenters. The Balaban J connectivity index is 1.57. The fourth-order valence-electron chi connectivity index (χ4n) is 3.02. The number of benzene rings is 1. The molecule has 0 N–H and O–H groups in total. The van der Waals surface area contributed by atoms with Crippen LogP contribution in [0.4, 0.5) is 0 Å². The molecule has 0 saturated heterocycles. The Kier molecular flexibility index (Phi) is 3.46. The first-order chi connectivity index (χ1) is 9.15. The maximum Gasteiger partial charge on any atom is 0.0687 e. The zero-order valence-electron chi connectivity index (χ0n) is 12.0. The third-order valence-corrected chi connectivity index (χ3v) is 4.53. The number of hydrogen-bond donors (Lipinski definition) is 0. The Labute approximate surface area is 116 Å². The highest BCUT2D eigenvalue weighted by Gasteiger charge is 2.27. The van der Waals surface area contributed by atoms with E-state index in [9.17, 15) is 0 Å². The minimum atomic E-state index is 0.269. The summed E-state index contributed by atoms with van der Waals surface area (Å²) in [7, 11) is 0. The second-order valence-electron chi connectivity index (χ2n) is 6.36. The van der Waals surface area contributed by atoms with Crippen LogP contribution in [-0.2, 0) is 17.8 Å². The van der Waals surface area contributed by atoms with Crippen LogP contribution in [-0.4, -0.2) is 24.7 Å². The molecule has 0 atom stereocenters. The van der Waals surface area contributed by atoms with Crippen molar-refractivity contribution in [3.63, 3.8) is 0 Å². The van der Waals surface area contributed by atoms with Crippen molar-refractivity contribution >= 4 is 0 Å². The van der Waals surface area contributed by atoms with Crippen LogP contribution in [0.15, 0.2) is 35.9 Å². The summed E-state index contributed by atoms with van der Waals surface area (Å²) in [4.78, 5) is 2.56. The first kappa shape index (κ1) is 12.9. The number of hydrogen-bond acceptors (Lipinski definition) is 2. The van der Waals surface area contributed by atoms with Crippen molar-refractivity contribution in [1.82, 2.24) is 4.90 Å². The summed E-state index contributed by atoms with van der Waals surface area (Å²) in [5, 5.41) is 0.